The van der Waals surface area contributed by atoms with Gasteiger partial charge in [-0.25, -0.2) is 4.68 Å². The first kappa shape index (κ1) is 21.7. The molecule has 0 aliphatic heterocycles. The summed E-state index contributed by atoms with van der Waals surface area (Å²) in [7, 11) is 3.11. The van der Waals surface area contributed by atoms with Crippen LogP contribution in [0.25, 0.3) is 0 Å². The van der Waals surface area contributed by atoms with Crippen LogP contribution in [0.1, 0.15) is 30.8 Å². The number of anilines is 1. The molecular formula is C14H23F3N6O3. The van der Waals surface area contributed by atoms with Gasteiger partial charge in [0.05, 0.1) is 0 Å². The van der Waals surface area contributed by atoms with Gasteiger partial charge in [-0.2, -0.15) is 13.2 Å². The third-order valence-electron chi connectivity index (χ3n) is 3.78. The number of aryl methyl sites for hydroxylation is 1. The van der Waals surface area contributed by atoms with Crippen molar-refractivity contribution in [3.05, 3.63) is 5.69 Å². The van der Waals surface area contributed by atoms with Crippen molar-refractivity contribution in [3.63, 3.8) is 0 Å². The van der Waals surface area contributed by atoms with E-state index in [0.29, 0.717) is 6.42 Å². The zero-order valence-electron chi connectivity index (χ0n) is 15.0. The molecule has 0 bridgehead atoms. The summed E-state index contributed by atoms with van der Waals surface area (Å²) >= 11 is 0. The number of amides is 2. The van der Waals surface area contributed by atoms with Gasteiger partial charge in [0.2, 0.25) is 5.91 Å². The van der Waals surface area contributed by atoms with Crippen LogP contribution in [0, 0.1) is 0 Å². The third-order valence-corrected chi connectivity index (χ3v) is 3.78. The second kappa shape index (κ2) is 8.83. The Morgan fingerprint density at radius 2 is 2.00 bits per heavy atom. The lowest BCUT2D eigenvalue weighted by Crippen LogP contribution is -2.41. The van der Waals surface area contributed by atoms with Crippen LogP contribution >= 0.6 is 0 Å². The minimum Gasteiger partial charge on any atom is -0.382 e. The number of carbonyl (C=O) groups is 2. The van der Waals surface area contributed by atoms with E-state index in [-0.39, 0.29) is 24.1 Å². The normalized spacial score (nSPS) is 14.0. The lowest BCUT2D eigenvalue weighted by molar-refractivity contribution is -0.185. The second-order valence-corrected chi connectivity index (χ2v) is 5.86. The van der Waals surface area contributed by atoms with E-state index < -0.39 is 30.7 Å². The fraction of sp³-hybridized carbons (Fsp3) is 0.714. The predicted molar refractivity (Wildman–Crippen MR) is 86.1 cm³/mol. The van der Waals surface area contributed by atoms with E-state index in [1.165, 1.54) is 16.5 Å². The minimum absolute atomic E-state index is 0.0278. The Morgan fingerprint density at radius 1 is 1.38 bits per heavy atom. The van der Waals surface area contributed by atoms with E-state index in [4.69, 9.17) is 5.73 Å². The summed E-state index contributed by atoms with van der Waals surface area (Å²) in [4.78, 5) is 25.4. The van der Waals surface area contributed by atoms with Crippen molar-refractivity contribution in [2.45, 2.75) is 38.6 Å². The number of hydrogen-bond donors (Lipinski definition) is 2. The van der Waals surface area contributed by atoms with Crippen LogP contribution in [0.2, 0.25) is 0 Å². The van der Waals surface area contributed by atoms with E-state index in [9.17, 15) is 22.8 Å². The maximum atomic E-state index is 12.3. The number of nitrogens with one attached hydrogen (secondary N) is 1. The van der Waals surface area contributed by atoms with Gasteiger partial charge in [0.15, 0.2) is 11.5 Å². The molecule has 26 heavy (non-hydrogen) atoms. The third kappa shape index (κ3) is 6.17. The summed E-state index contributed by atoms with van der Waals surface area (Å²) in [5.41, 5.74) is 5.74. The molecule has 0 radical (unpaired) electrons. The van der Waals surface area contributed by atoms with Crippen molar-refractivity contribution in [3.8, 4) is 0 Å². The molecule has 0 spiro atoms. The summed E-state index contributed by atoms with van der Waals surface area (Å²) in [6.07, 6.45) is -5.35. The molecule has 0 aromatic carbocycles. The summed E-state index contributed by atoms with van der Waals surface area (Å²) < 4.78 is 41.9. The maximum Gasteiger partial charge on any atom is 0.411 e. The quantitative estimate of drug-likeness (QED) is 0.672. The van der Waals surface area contributed by atoms with Crippen LogP contribution in [0.5, 0.6) is 0 Å². The monoisotopic (exact) mass is 380 g/mol. The van der Waals surface area contributed by atoms with Crippen molar-refractivity contribution in [2.24, 2.45) is 7.05 Å². The highest BCUT2D eigenvalue weighted by molar-refractivity contribution is 5.96. The van der Waals surface area contributed by atoms with Gasteiger partial charge in [-0.15, -0.1) is 5.10 Å². The van der Waals surface area contributed by atoms with Gasteiger partial charge in [-0.05, 0) is 20.3 Å². The van der Waals surface area contributed by atoms with Crippen molar-refractivity contribution in [1.29, 1.82) is 0 Å². The molecule has 1 heterocycles. The van der Waals surface area contributed by atoms with E-state index in [2.05, 4.69) is 20.4 Å². The molecule has 12 heteroatoms. The molecule has 1 aromatic heterocycles. The van der Waals surface area contributed by atoms with Crippen LogP contribution in [0.3, 0.4) is 0 Å². The molecule has 0 aliphatic carbocycles. The van der Waals surface area contributed by atoms with E-state index in [1.807, 2.05) is 0 Å². The van der Waals surface area contributed by atoms with Gasteiger partial charge in [0.1, 0.15) is 12.7 Å². The number of alkyl halides is 3. The number of nitrogens with two attached hydrogens (primary N) is 1. The van der Waals surface area contributed by atoms with Crippen molar-refractivity contribution in [2.75, 3.05) is 25.9 Å². The van der Waals surface area contributed by atoms with Crippen LogP contribution in [-0.4, -0.2) is 70.2 Å². The van der Waals surface area contributed by atoms with Gasteiger partial charge in [-0.3, -0.25) is 9.59 Å². The van der Waals surface area contributed by atoms with Gasteiger partial charge in [0, 0.05) is 26.7 Å². The first-order chi connectivity index (χ1) is 11.9. The van der Waals surface area contributed by atoms with Crippen molar-refractivity contribution in [1.82, 2.24) is 25.2 Å². The van der Waals surface area contributed by atoms with Gasteiger partial charge in [-0.1, -0.05) is 5.21 Å². The Kier molecular flexibility index (Phi) is 7.36. The summed E-state index contributed by atoms with van der Waals surface area (Å²) in [6.45, 7) is 1.65. The number of halogens is 3. The molecule has 9 nitrogen and oxygen atoms in total. The highest BCUT2D eigenvalue weighted by atomic mass is 19.4. The fourth-order valence-corrected chi connectivity index (χ4v) is 1.92. The first-order valence-electron chi connectivity index (χ1n) is 7.82. The standard InChI is InChI=1S/C14H23F3N6O3/c1-8(22(3)13(25)10-11(18)23(4)21-20-10)5-6-19-12(24)9(2)26-7-14(15,16)17/h8-9H,5-7,18H2,1-4H3,(H,19,24). The van der Waals surface area contributed by atoms with Crippen LogP contribution < -0.4 is 11.1 Å². The second-order valence-electron chi connectivity index (χ2n) is 5.86. The van der Waals surface area contributed by atoms with Crippen LogP contribution in [0.15, 0.2) is 0 Å². The van der Waals surface area contributed by atoms with Gasteiger partial charge < -0.3 is 20.7 Å². The molecule has 0 fully saturated rings. The Balaban J connectivity index is 2.43. The molecule has 1 aromatic rings. The summed E-state index contributed by atoms with van der Waals surface area (Å²) in [5.74, 6) is -0.942. The molecule has 2 atom stereocenters. The average molecular weight is 380 g/mol. The van der Waals surface area contributed by atoms with E-state index in [1.54, 1.807) is 21.0 Å². The SMILES string of the molecule is CC(OCC(F)(F)F)C(=O)NCCC(C)N(C)C(=O)c1nnn(C)c1N. The number of ether oxygens (including phenoxy) is 1. The lowest BCUT2D eigenvalue weighted by Gasteiger charge is -2.24. The number of carbonyl (C=O) groups excluding carboxylic acids is 2. The zero-order valence-corrected chi connectivity index (χ0v) is 15.0. The fourth-order valence-electron chi connectivity index (χ4n) is 1.92. The van der Waals surface area contributed by atoms with Crippen molar-refractivity contribution >= 4 is 17.6 Å². The van der Waals surface area contributed by atoms with Gasteiger partial charge >= 0.3 is 6.18 Å². The van der Waals surface area contributed by atoms with Crippen LogP contribution in [-0.2, 0) is 16.6 Å². The molecular weight excluding hydrogens is 357 g/mol. The topological polar surface area (TPSA) is 115 Å². The summed E-state index contributed by atoms with van der Waals surface area (Å²) in [5, 5.41) is 9.84. The molecule has 1 rings (SSSR count). The van der Waals surface area contributed by atoms with E-state index in [0.717, 1.165) is 0 Å². The number of nitrogens with zero attached hydrogens (tertiary/aromatic N) is 4. The minimum atomic E-state index is -4.49. The van der Waals surface area contributed by atoms with Gasteiger partial charge in [0.25, 0.3) is 5.91 Å². The predicted octanol–water partition coefficient (Wildman–Crippen LogP) is 0.332. The molecule has 2 amide bonds. The molecule has 0 saturated carbocycles. The molecule has 2 unspecified atom stereocenters. The summed E-state index contributed by atoms with van der Waals surface area (Å²) in [6, 6.07) is -0.282. The smallest absolute Gasteiger partial charge is 0.382 e. The Bertz CT molecular complexity index is 634. The first-order valence-corrected chi connectivity index (χ1v) is 7.82. The van der Waals surface area contributed by atoms with Crippen molar-refractivity contribution < 1.29 is 27.5 Å². The Labute approximate surface area is 148 Å². The lowest BCUT2D eigenvalue weighted by atomic mass is 10.2. The average Bonchev–Trinajstić information content (AvgIpc) is 2.89. The Hall–Kier alpha value is -2.37. The zero-order chi connectivity index (χ0) is 20.1. The van der Waals surface area contributed by atoms with Crippen LogP contribution in [0.4, 0.5) is 19.0 Å². The highest BCUT2D eigenvalue weighted by Gasteiger charge is 2.30. The maximum absolute atomic E-state index is 12.3. The Morgan fingerprint density at radius 3 is 2.50 bits per heavy atom. The number of hydrogen-bond acceptors (Lipinski definition) is 6. The largest absolute Gasteiger partial charge is 0.411 e. The highest BCUT2D eigenvalue weighted by Crippen LogP contribution is 2.15. The molecule has 148 valence electrons. The number of nitrogen functional groups attached to an aromatic ring is 1. The molecule has 0 aliphatic rings. The molecule has 0 saturated heterocycles. The molecule has 3 N–H and O–H groups in total. The number of aromatic nitrogens is 3. The number of rotatable bonds is 8. The van der Waals surface area contributed by atoms with E-state index >= 15 is 0 Å².